The maximum absolute atomic E-state index is 5.45. The number of ether oxygens (including phenoxy) is 1. The van der Waals surface area contributed by atoms with Crippen molar-refractivity contribution in [2.45, 2.75) is 20.3 Å². The standard InChI is InChI=1S/C21H22N4O/c1-14-8-9-19(26-3)17(12-14)23-21-22-15(2)13-20(24-21)25-11-10-16-6-4-5-7-18(16)25/h4-9,12-13H,10-11H2,1-3H3,(H,22,23,24). The van der Waals surface area contributed by atoms with Crippen LogP contribution in [0.2, 0.25) is 0 Å². The minimum atomic E-state index is 0.577. The van der Waals surface area contributed by atoms with Gasteiger partial charge in [0.05, 0.1) is 12.8 Å². The summed E-state index contributed by atoms with van der Waals surface area (Å²) in [5.41, 5.74) is 5.53. The van der Waals surface area contributed by atoms with Gasteiger partial charge in [-0.2, -0.15) is 4.98 Å². The number of benzene rings is 2. The Morgan fingerprint density at radius 2 is 1.88 bits per heavy atom. The lowest BCUT2D eigenvalue weighted by molar-refractivity contribution is 0.416. The number of aryl methyl sites for hydroxylation is 2. The molecule has 1 aliphatic heterocycles. The molecule has 5 nitrogen and oxygen atoms in total. The summed E-state index contributed by atoms with van der Waals surface area (Å²) >= 11 is 0. The molecule has 0 amide bonds. The number of hydrogen-bond donors (Lipinski definition) is 1. The highest BCUT2D eigenvalue weighted by atomic mass is 16.5. The summed E-state index contributed by atoms with van der Waals surface area (Å²) in [5.74, 6) is 2.26. The number of rotatable bonds is 4. The van der Waals surface area contributed by atoms with E-state index in [-0.39, 0.29) is 0 Å². The Kier molecular flexibility index (Phi) is 4.21. The largest absolute Gasteiger partial charge is 0.495 e. The van der Waals surface area contributed by atoms with Gasteiger partial charge in [-0.05, 0) is 49.6 Å². The molecule has 0 spiro atoms. The number of hydrogen-bond acceptors (Lipinski definition) is 5. The van der Waals surface area contributed by atoms with Crippen molar-refractivity contribution in [3.05, 3.63) is 65.4 Å². The van der Waals surface area contributed by atoms with Gasteiger partial charge in [-0.15, -0.1) is 0 Å². The van der Waals surface area contributed by atoms with Crippen LogP contribution in [0.3, 0.4) is 0 Å². The van der Waals surface area contributed by atoms with Gasteiger partial charge in [-0.1, -0.05) is 24.3 Å². The number of aromatic nitrogens is 2. The number of nitrogens with zero attached hydrogens (tertiary/aromatic N) is 3. The van der Waals surface area contributed by atoms with Crippen molar-refractivity contribution in [1.82, 2.24) is 9.97 Å². The van der Waals surface area contributed by atoms with Gasteiger partial charge in [0.15, 0.2) is 0 Å². The van der Waals surface area contributed by atoms with Crippen LogP contribution in [-0.4, -0.2) is 23.6 Å². The molecule has 0 radical (unpaired) electrons. The Morgan fingerprint density at radius 1 is 1.04 bits per heavy atom. The maximum Gasteiger partial charge on any atom is 0.229 e. The van der Waals surface area contributed by atoms with Crippen molar-refractivity contribution in [3.63, 3.8) is 0 Å². The number of methoxy groups -OCH3 is 1. The van der Waals surface area contributed by atoms with Gasteiger partial charge in [-0.3, -0.25) is 0 Å². The highest BCUT2D eigenvalue weighted by molar-refractivity contribution is 5.69. The van der Waals surface area contributed by atoms with E-state index in [9.17, 15) is 0 Å². The molecule has 3 aromatic rings. The van der Waals surface area contributed by atoms with Crippen molar-refractivity contribution in [3.8, 4) is 5.75 Å². The second kappa shape index (κ2) is 6.67. The molecule has 2 aromatic carbocycles. The van der Waals surface area contributed by atoms with Crippen molar-refractivity contribution in [1.29, 1.82) is 0 Å². The predicted molar refractivity (Wildman–Crippen MR) is 105 cm³/mol. The van der Waals surface area contributed by atoms with E-state index in [1.807, 2.05) is 38.1 Å². The lowest BCUT2D eigenvalue weighted by Crippen LogP contribution is -2.16. The molecule has 132 valence electrons. The molecule has 1 aromatic heterocycles. The summed E-state index contributed by atoms with van der Waals surface area (Å²) in [7, 11) is 1.67. The first-order chi connectivity index (χ1) is 12.6. The van der Waals surface area contributed by atoms with Gasteiger partial charge in [0.1, 0.15) is 11.6 Å². The molecule has 1 N–H and O–H groups in total. The molecule has 0 saturated heterocycles. The van der Waals surface area contributed by atoms with Gasteiger partial charge in [0.25, 0.3) is 0 Å². The lowest BCUT2D eigenvalue weighted by Gasteiger charge is -2.20. The van der Waals surface area contributed by atoms with Crippen LogP contribution < -0.4 is 15.0 Å². The monoisotopic (exact) mass is 346 g/mol. The third-order valence-electron chi connectivity index (χ3n) is 4.61. The Bertz CT molecular complexity index is 954. The normalized spacial score (nSPS) is 12.8. The van der Waals surface area contributed by atoms with Crippen LogP contribution in [0, 0.1) is 13.8 Å². The van der Waals surface area contributed by atoms with E-state index in [4.69, 9.17) is 9.72 Å². The van der Waals surface area contributed by atoms with E-state index in [1.165, 1.54) is 11.3 Å². The third kappa shape index (κ3) is 3.08. The smallest absolute Gasteiger partial charge is 0.229 e. The summed E-state index contributed by atoms with van der Waals surface area (Å²) in [6.45, 7) is 4.98. The first kappa shape index (κ1) is 16.4. The molecule has 0 aliphatic carbocycles. The molecule has 5 heteroatoms. The van der Waals surface area contributed by atoms with Crippen LogP contribution in [0.5, 0.6) is 5.75 Å². The molecule has 26 heavy (non-hydrogen) atoms. The minimum Gasteiger partial charge on any atom is -0.495 e. The average molecular weight is 346 g/mol. The van der Waals surface area contributed by atoms with Gasteiger partial charge in [0, 0.05) is 24.0 Å². The molecular formula is C21H22N4O. The van der Waals surface area contributed by atoms with Gasteiger partial charge in [0.2, 0.25) is 5.95 Å². The molecule has 0 saturated carbocycles. The van der Waals surface area contributed by atoms with Crippen LogP contribution in [0.4, 0.5) is 23.1 Å². The number of fused-ring (bicyclic) bond motifs is 1. The van der Waals surface area contributed by atoms with Gasteiger partial charge >= 0.3 is 0 Å². The predicted octanol–water partition coefficient (Wildman–Crippen LogP) is 4.54. The molecule has 0 fully saturated rings. The SMILES string of the molecule is COc1ccc(C)cc1Nc1nc(C)cc(N2CCc3ccccc32)n1. The highest BCUT2D eigenvalue weighted by Gasteiger charge is 2.21. The Balaban J connectivity index is 1.69. The van der Waals surface area contributed by atoms with E-state index in [0.717, 1.165) is 41.5 Å². The van der Waals surface area contributed by atoms with Crippen molar-refractivity contribution >= 4 is 23.1 Å². The van der Waals surface area contributed by atoms with Gasteiger partial charge in [-0.25, -0.2) is 4.98 Å². The topological polar surface area (TPSA) is 50.3 Å². The maximum atomic E-state index is 5.45. The second-order valence-electron chi connectivity index (χ2n) is 6.55. The molecule has 0 unspecified atom stereocenters. The fourth-order valence-electron chi connectivity index (χ4n) is 3.36. The van der Waals surface area contributed by atoms with Crippen LogP contribution >= 0.6 is 0 Å². The van der Waals surface area contributed by atoms with E-state index >= 15 is 0 Å². The first-order valence-electron chi connectivity index (χ1n) is 8.77. The fourth-order valence-corrected chi connectivity index (χ4v) is 3.36. The summed E-state index contributed by atoms with van der Waals surface area (Å²) in [6, 6.07) is 16.5. The van der Waals surface area contributed by atoms with Crippen LogP contribution in [0.25, 0.3) is 0 Å². The number of para-hydroxylation sites is 1. The average Bonchev–Trinajstić information content (AvgIpc) is 3.05. The van der Waals surface area contributed by atoms with Crippen LogP contribution in [0.1, 0.15) is 16.8 Å². The molecule has 2 heterocycles. The van der Waals surface area contributed by atoms with Crippen LogP contribution in [0.15, 0.2) is 48.5 Å². The van der Waals surface area contributed by atoms with E-state index in [1.54, 1.807) is 7.11 Å². The zero-order valence-electron chi connectivity index (χ0n) is 15.3. The molecule has 0 atom stereocenters. The molecule has 1 aliphatic rings. The van der Waals surface area contributed by atoms with E-state index in [2.05, 4.69) is 39.5 Å². The summed E-state index contributed by atoms with van der Waals surface area (Å²) in [4.78, 5) is 11.6. The molecule has 4 rings (SSSR count). The van der Waals surface area contributed by atoms with E-state index < -0.39 is 0 Å². The van der Waals surface area contributed by atoms with Crippen molar-refractivity contribution in [2.75, 3.05) is 23.9 Å². The summed E-state index contributed by atoms with van der Waals surface area (Å²) < 4.78 is 5.45. The first-order valence-corrected chi connectivity index (χ1v) is 8.77. The highest BCUT2D eigenvalue weighted by Crippen LogP contribution is 2.34. The fraction of sp³-hybridized carbons (Fsp3) is 0.238. The van der Waals surface area contributed by atoms with Gasteiger partial charge < -0.3 is 15.0 Å². The Labute approximate surface area is 153 Å². The number of anilines is 4. The van der Waals surface area contributed by atoms with E-state index in [0.29, 0.717) is 5.95 Å². The Morgan fingerprint density at radius 3 is 2.73 bits per heavy atom. The molecule has 0 bridgehead atoms. The number of nitrogens with one attached hydrogen (secondary N) is 1. The quantitative estimate of drug-likeness (QED) is 0.751. The zero-order valence-corrected chi connectivity index (χ0v) is 15.3. The third-order valence-corrected chi connectivity index (χ3v) is 4.61. The lowest BCUT2D eigenvalue weighted by atomic mass is 10.2. The molecular weight excluding hydrogens is 324 g/mol. The minimum absolute atomic E-state index is 0.577. The summed E-state index contributed by atoms with van der Waals surface area (Å²) in [5, 5.41) is 3.32. The van der Waals surface area contributed by atoms with Crippen LogP contribution in [-0.2, 0) is 6.42 Å². The van der Waals surface area contributed by atoms with Crippen molar-refractivity contribution < 1.29 is 4.74 Å². The Hall–Kier alpha value is -3.08. The zero-order chi connectivity index (χ0) is 18.1. The second-order valence-corrected chi connectivity index (χ2v) is 6.55. The van der Waals surface area contributed by atoms with Crippen molar-refractivity contribution in [2.24, 2.45) is 0 Å². The summed E-state index contributed by atoms with van der Waals surface area (Å²) in [6.07, 6.45) is 1.04.